The number of likely N-dealkylation sites (N-methyl/N-ethyl adjacent to an activating group) is 1. The summed E-state index contributed by atoms with van der Waals surface area (Å²) in [5.41, 5.74) is 1.95. The van der Waals surface area contributed by atoms with Crippen LogP contribution in [0.15, 0.2) is 18.3 Å². The standard InChI is InChI=1S/C12H16ClN5/c1-9-7-17(6-5-16(9)2)10-3-4-11-14-12(13)15-18(11)8-10/h3-4,8-9H,5-7H2,1-2H3/t9-/m0/s1. The van der Waals surface area contributed by atoms with Gasteiger partial charge >= 0.3 is 0 Å². The van der Waals surface area contributed by atoms with Crippen molar-refractivity contribution in [2.45, 2.75) is 13.0 Å². The Kier molecular flexibility index (Phi) is 2.87. The van der Waals surface area contributed by atoms with Gasteiger partial charge in [0.15, 0.2) is 5.65 Å². The molecule has 0 radical (unpaired) electrons. The van der Waals surface area contributed by atoms with E-state index < -0.39 is 0 Å². The van der Waals surface area contributed by atoms with Gasteiger partial charge in [0.05, 0.1) is 11.9 Å². The highest BCUT2D eigenvalue weighted by molar-refractivity contribution is 6.28. The number of rotatable bonds is 1. The smallest absolute Gasteiger partial charge is 0.243 e. The van der Waals surface area contributed by atoms with Gasteiger partial charge in [-0.15, -0.1) is 5.10 Å². The van der Waals surface area contributed by atoms with Crippen molar-refractivity contribution in [3.05, 3.63) is 23.6 Å². The molecule has 1 saturated heterocycles. The van der Waals surface area contributed by atoms with Crippen LogP contribution in [-0.4, -0.2) is 52.2 Å². The van der Waals surface area contributed by atoms with E-state index in [0.29, 0.717) is 11.3 Å². The minimum atomic E-state index is 0.291. The SMILES string of the molecule is C[C@H]1CN(c2ccc3nc(Cl)nn3c2)CCN1C. The van der Waals surface area contributed by atoms with Gasteiger partial charge < -0.3 is 9.80 Å². The molecule has 0 spiro atoms. The number of hydrogen-bond acceptors (Lipinski definition) is 4. The molecule has 1 fully saturated rings. The first-order chi connectivity index (χ1) is 8.63. The number of nitrogens with zero attached hydrogens (tertiary/aromatic N) is 5. The zero-order valence-electron chi connectivity index (χ0n) is 10.5. The van der Waals surface area contributed by atoms with Crippen molar-refractivity contribution in [1.82, 2.24) is 19.5 Å². The van der Waals surface area contributed by atoms with Crippen molar-refractivity contribution in [2.24, 2.45) is 0 Å². The van der Waals surface area contributed by atoms with Crippen molar-refractivity contribution >= 4 is 22.9 Å². The molecule has 1 aliphatic rings. The zero-order chi connectivity index (χ0) is 12.7. The number of anilines is 1. The molecular formula is C12H16ClN5. The van der Waals surface area contributed by atoms with E-state index in [-0.39, 0.29) is 0 Å². The number of hydrogen-bond donors (Lipinski definition) is 0. The van der Waals surface area contributed by atoms with Gasteiger partial charge in [0.25, 0.3) is 0 Å². The summed E-state index contributed by atoms with van der Waals surface area (Å²) >= 11 is 5.80. The van der Waals surface area contributed by atoms with Crippen LogP contribution in [0.25, 0.3) is 5.65 Å². The summed E-state index contributed by atoms with van der Waals surface area (Å²) in [5.74, 6) is 0. The van der Waals surface area contributed by atoms with Gasteiger partial charge in [-0.25, -0.2) is 4.52 Å². The van der Waals surface area contributed by atoms with E-state index >= 15 is 0 Å². The number of halogens is 1. The first-order valence-electron chi connectivity index (χ1n) is 6.10. The Balaban J connectivity index is 1.89. The minimum Gasteiger partial charge on any atom is -0.367 e. The van der Waals surface area contributed by atoms with E-state index in [9.17, 15) is 0 Å². The van der Waals surface area contributed by atoms with Crippen LogP contribution in [0.5, 0.6) is 0 Å². The third-order valence-corrected chi connectivity index (χ3v) is 3.77. The first kappa shape index (κ1) is 11.7. The maximum Gasteiger partial charge on any atom is 0.243 e. The van der Waals surface area contributed by atoms with Crippen molar-refractivity contribution in [2.75, 3.05) is 31.6 Å². The van der Waals surface area contributed by atoms with Gasteiger partial charge in [-0.3, -0.25) is 0 Å². The van der Waals surface area contributed by atoms with Crippen LogP contribution in [0, 0.1) is 0 Å². The first-order valence-corrected chi connectivity index (χ1v) is 6.48. The molecular weight excluding hydrogens is 250 g/mol. The quantitative estimate of drug-likeness (QED) is 0.784. The second-order valence-electron chi connectivity index (χ2n) is 4.85. The van der Waals surface area contributed by atoms with Crippen molar-refractivity contribution in [3.63, 3.8) is 0 Å². The summed E-state index contributed by atoms with van der Waals surface area (Å²) in [6.07, 6.45) is 1.99. The van der Waals surface area contributed by atoms with Gasteiger partial charge in [0.1, 0.15) is 0 Å². The van der Waals surface area contributed by atoms with Crippen LogP contribution in [0.3, 0.4) is 0 Å². The Hall–Kier alpha value is -1.33. The lowest BCUT2D eigenvalue weighted by Crippen LogP contribution is -2.50. The zero-order valence-corrected chi connectivity index (χ0v) is 11.3. The summed E-state index contributed by atoms with van der Waals surface area (Å²) in [6, 6.07) is 4.60. The summed E-state index contributed by atoms with van der Waals surface area (Å²) in [6.45, 7) is 5.40. The van der Waals surface area contributed by atoms with E-state index in [0.717, 1.165) is 25.3 Å². The predicted molar refractivity (Wildman–Crippen MR) is 72.3 cm³/mol. The molecule has 6 heteroatoms. The van der Waals surface area contributed by atoms with Gasteiger partial charge in [-0.05, 0) is 37.7 Å². The highest BCUT2D eigenvalue weighted by atomic mass is 35.5. The second kappa shape index (κ2) is 4.40. The maximum atomic E-state index is 5.80. The molecule has 18 heavy (non-hydrogen) atoms. The predicted octanol–water partition coefficient (Wildman–Crippen LogP) is 1.52. The number of piperazine rings is 1. The van der Waals surface area contributed by atoms with Crippen LogP contribution >= 0.6 is 11.6 Å². The normalized spacial score (nSPS) is 21.7. The molecule has 1 aliphatic heterocycles. The summed E-state index contributed by atoms with van der Waals surface area (Å²) in [4.78, 5) is 8.87. The van der Waals surface area contributed by atoms with Gasteiger partial charge in [-0.1, -0.05) is 0 Å². The highest BCUT2D eigenvalue weighted by Gasteiger charge is 2.21. The van der Waals surface area contributed by atoms with E-state index in [4.69, 9.17) is 11.6 Å². The monoisotopic (exact) mass is 265 g/mol. The topological polar surface area (TPSA) is 36.7 Å². The van der Waals surface area contributed by atoms with E-state index in [1.807, 2.05) is 12.3 Å². The lowest BCUT2D eigenvalue weighted by molar-refractivity contribution is 0.234. The van der Waals surface area contributed by atoms with E-state index in [1.54, 1.807) is 4.52 Å². The van der Waals surface area contributed by atoms with Gasteiger partial charge in [0.2, 0.25) is 5.28 Å². The molecule has 5 nitrogen and oxygen atoms in total. The molecule has 0 aromatic carbocycles. The average molecular weight is 266 g/mol. The minimum absolute atomic E-state index is 0.291. The Bertz CT molecular complexity index is 567. The molecule has 2 aromatic rings. The fraction of sp³-hybridized carbons (Fsp3) is 0.500. The number of fused-ring (bicyclic) bond motifs is 1. The van der Waals surface area contributed by atoms with Crippen molar-refractivity contribution < 1.29 is 0 Å². The second-order valence-corrected chi connectivity index (χ2v) is 5.18. The average Bonchev–Trinajstić information content (AvgIpc) is 2.71. The highest BCUT2D eigenvalue weighted by Crippen LogP contribution is 2.19. The van der Waals surface area contributed by atoms with Crippen LogP contribution in [0.1, 0.15) is 6.92 Å². The Labute approximate surface area is 111 Å². The molecule has 1 atom stereocenters. The van der Waals surface area contributed by atoms with Crippen LogP contribution < -0.4 is 4.90 Å². The molecule has 0 aliphatic carbocycles. The largest absolute Gasteiger partial charge is 0.367 e. The maximum absolute atomic E-state index is 5.80. The summed E-state index contributed by atoms with van der Waals surface area (Å²) in [7, 11) is 2.17. The molecule has 3 heterocycles. The summed E-state index contributed by atoms with van der Waals surface area (Å²) < 4.78 is 1.74. The molecule has 0 saturated carbocycles. The number of aromatic nitrogens is 3. The van der Waals surface area contributed by atoms with Crippen molar-refractivity contribution in [3.8, 4) is 0 Å². The molecule has 0 N–H and O–H groups in total. The van der Waals surface area contributed by atoms with Gasteiger partial charge in [-0.2, -0.15) is 4.98 Å². The molecule has 96 valence electrons. The number of pyridine rings is 1. The third-order valence-electron chi connectivity index (χ3n) is 3.61. The van der Waals surface area contributed by atoms with Crippen LogP contribution in [-0.2, 0) is 0 Å². The van der Waals surface area contributed by atoms with Crippen LogP contribution in [0.2, 0.25) is 5.28 Å². The molecule has 3 rings (SSSR count). The Morgan fingerprint density at radius 2 is 2.17 bits per heavy atom. The molecule has 0 amide bonds. The molecule has 2 aromatic heterocycles. The van der Waals surface area contributed by atoms with E-state index in [2.05, 4.69) is 39.9 Å². The van der Waals surface area contributed by atoms with E-state index in [1.165, 1.54) is 5.69 Å². The lowest BCUT2D eigenvalue weighted by atomic mass is 10.2. The van der Waals surface area contributed by atoms with Crippen molar-refractivity contribution in [1.29, 1.82) is 0 Å². The van der Waals surface area contributed by atoms with Gasteiger partial charge in [0, 0.05) is 25.7 Å². The van der Waals surface area contributed by atoms with Crippen LogP contribution in [0.4, 0.5) is 5.69 Å². The fourth-order valence-electron chi connectivity index (χ4n) is 2.32. The third kappa shape index (κ3) is 2.04. The Morgan fingerprint density at radius 1 is 1.33 bits per heavy atom. The Morgan fingerprint density at radius 3 is 2.94 bits per heavy atom. The molecule has 0 unspecified atom stereocenters. The lowest BCUT2D eigenvalue weighted by Gasteiger charge is -2.38. The fourth-order valence-corrected chi connectivity index (χ4v) is 2.48. The molecule has 0 bridgehead atoms. The summed E-state index contributed by atoms with van der Waals surface area (Å²) in [5, 5.41) is 4.43.